The minimum atomic E-state index is 0.779. The molecule has 1 nitrogen and oxygen atoms in total. The summed E-state index contributed by atoms with van der Waals surface area (Å²) in [5.74, 6) is 2.70. The number of rotatable bonds is 1. The molecule has 2 aromatic rings. The lowest BCUT2D eigenvalue weighted by Gasteiger charge is -2.21. The molecule has 0 spiro atoms. The van der Waals surface area contributed by atoms with Crippen LogP contribution in [0.3, 0.4) is 0 Å². The maximum Gasteiger partial charge on any atom is 0.0647 e. The van der Waals surface area contributed by atoms with Gasteiger partial charge < -0.3 is 4.98 Å². The van der Waals surface area contributed by atoms with Gasteiger partial charge in [-0.05, 0) is 48.6 Å². The Hall–Kier alpha value is -0.950. The summed E-state index contributed by atoms with van der Waals surface area (Å²) in [5, 5.41) is 2.19. The normalized spacial score (nSPS) is 31.5. The van der Waals surface area contributed by atoms with E-state index in [0.717, 1.165) is 28.3 Å². The summed E-state index contributed by atoms with van der Waals surface area (Å²) >= 11 is 6.22. The molecule has 0 saturated heterocycles. The lowest BCUT2D eigenvalue weighted by atomic mass is 9.83. The van der Waals surface area contributed by atoms with Crippen LogP contribution < -0.4 is 0 Å². The second-order valence-electron chi connectivity index (χ2n) is 5.69. The number of benzene rings is 1. The first-order chi connectivity index (χ1) is 8.33. The molecule has 1 heterocycles. The Labute approximate surface area is 106 Å². The van der Waals surface area contributed by atoms with E-state index in [1.54, 1.807) is 0 Å². The molecule has 17 heavy (non-hydrogen) atoms. The Morgan fingerprint density at radius 1 is 1.18 bits per heavy atom. The van der Waals surface area contributed by atoms with Crippen LogP contribution in [0.5, 0.6) is 0 Å². The predicted molar refractivity (Wildman–Crippen MR) is 71.5 cm³/mol. The first kappa shape index (κ1) is 10.0. The summed E-state index contributed by atoms with van der Waals surface area (Å²) in [4.78, 5) is 3.36. The second kappa shape index (κ2) is 3.52. The van der Waals surface area contributed by atoms with Gasteiger partial charge in [-0.2, -0.15) is 0 Å². The van der Waals surface area contributed by atoms with E-state index in [9.17, 15) is 0 Å². The second-order valence-corrected chi connectivity index (χ2v) is 6.09. The van der Waals surface area contributed by atoms with Crippen molar-refractivity contribution >= 4 is 22.5 Å². The number of aromatic nitrogens is 1. The lowest BCUT2D eigenvalue weighted by molar-refractivity contribution is 0.422. The Balaban J connectivity index is 1.84. The molecule has 3 unspecified atom stereocenters. The van der Waals surface area contributed by atoms with E-state index in [2.05, 4.69) is 23.3 Å². The highest BCUT2D eigenvalue weighted by molar-refractivity contribution is 6.35. The highest BCUT2D eigenvalue weighted by Gasteiger charge is 2.40. The number of aromatic amines is 1. The van der Waals surface area contributed by atoms with Gasteiger partial charge in [0, 0.05) is 11.6 Å². The fourth-order valence-electron chi connectivity index (χ4n) is 4.07. The molecule has 0 amide bonds. The first-order valence-electron chi connectivity index (χ1n) is 6.58. The number of fused-ring (bicyclic) bond motifs is 3. The van der Waals surface area contributed by atoms with E-state index in [4.69, 9.17) is 11.6 Å². The lowest BCUT2D eigenvalue weighted by Crippen LogP contribution is -2.07. The van der Waals surface area contributed by atoms with Crippen LogP contribution in [0.2, 0.25) is 5.02 Å². The van der Waals surface area contributed by atoms with Crippen LogP contribution in [0, 0.1) is 11.8 Å². The van der Waals surface area contributed by atoms with Crippen molar-refractivity contribution in [3.8, 4) is 0 Å². The fraction of sp³-hybridized carbons (Fsp3) is 0.467. The maximum atomic E-state index is 6.22. The molecule has 3 atom stereocenters. The van der Waals surface area contributed by atoms with Crippen LogP contribution >= 0.6 is 11.6 Å². The fourth-order valence-corrected chi connectivity index (χ4v) is 4.30. The van der Waals surface area contributed by atoms with E-state index in [1.807, 2.05) is 6.07 Å². The summed E-state index contributed by atoms with van der Waals surface area (Å²) in [6, 6.07) is 6.24. The monoisotopic (exact) mass is 245 g/mol. The number of H-pyrrole nitrogens is 1. The molecular formula is C15H16ClN. The zero-order chi connectivity index (χ0) is 11.4. The van der Waals surface area contributed by atoms with Gasteiger partial charge in [0.1, 0.15) is 0 Å². The molecular weight excluding hydrogens is 230 g/mol. The van der Waals surface area contributed by atoms with Gasteiger partial charge in [0.15, 0.2) is 0 Å². The van der Waals surface area contributed by atoms with Gasteiger partial charge in [0.25, 0.3) is 0 Å². The van der Waals surface area contributed by atoms with E-state index in [0.29, 0.717) is 0 Å². The van der Waals surface area contributed by atoms with Crippen LogP contribution in [0.4, 0.5) is 0 Å². The molecule has 2 saturated carbocycles. The van der Waals surface area contributed by atoms with Crippen LogP contribution in [-0.2, 0) is 0 Å². The highest BCUT2D eigenvalue weighted by atomic mass is 35.5. The van der Waals surface area contributed by atoms with Crippen LogP contribution in [-0.4, -0.2) is 4.98 Å². The van der Waals surface area contributed by atoms with Crippen molar-refractivity contribution in [3.63, 3.8) is 0 Å². The quantitative estimate of drug-likeness (QED) is 0.748. The Morgan fingerprint density at radius 3 is 2.88 bits per heavy atom. The molecule has 4 rings (SSSR count). The smallest absolute Gasteiger partial charge is 0.0647 e. The topological polar surface area (TPSA) is 15.8 Å². The van der Waals surface area contributed by atoms with Gasteiger partial charge in [-0.25, -0.2) is 0 Å². The van der Waals surface area contributed by atoms with Gasteiger partial charge in [-0.3, -0.25) is 0 Å². The van der Waals surface area contributed by atoms with Crippen molar-refractivity contribution in [2.45, 2.75) is 31.6 Å². The van der Waals surface area contributed by atoms with Crippen molar-refractivity contribution in [3.05, 3.63) is 35.0 Å². The minimum absolute atomic E-state index is 0.779. The molecule has 0 radical (unpaired) electrons. The number of hydrogen-bond acceptors (Lipinski definition) is 0. The SMILES string of the molecule is Clc1cccc2c(C3CC4CCC3C4)c[nH]c12. The third kappa shape index (κ3) is 1.38. The van der Waals surface area contributed by atoms with Gasteiger partial charge in [0.05, 0.1) is 10.5 Å². The summed E-state index contributed by atoms with van der Waals surface area (Å²) in [6.07, 6.45) is 7.94. The standard InChI is InChI=1S/C15H16ClN/c16-14-3-1-2-11-13(8-17-15(11)14)12-7-9-4-5-10(12)6-9/h1-3,8-10,12,17H,4-7H2. The Bertz CT molecular complexity index is 571. The molecule has 2 aliphatic carbocycles. The van der Waals surface area contributed by atoms with E-state index < -0.39 is 0 Å². The van der Waals surface area contributed by atoms with Gasteiger partial charge in [-0.1, -0.05) is 30.2 Å². The summed E-state index contributed by atoms with van der Waals surface area (Å²) in [6.45, 7) is 0. The molecule has 1 N–H and O–H groups in total. The molecule has 2 aliphatic rings. The molecule has 2 bridgehead atoms. The van der Waals surface area contributed by atoms with Crippen LogP contribution in [0.25, 0.3) is 10.9 Å². The van der Waals surface area contributed by atoms with E-state index in [-0.39, 0.29) is 0 Å². The van der Waals surface area contributed by atoms with Crippen LogP contribution in [0.15, 0.2) is 24.4 Å². The van der Waals surface area contributed by atoms with Crippen LogP contribution in [0.1, 0.15) is 37.2 Å². The summed E-state index contributed by atoms with van der Waals surface area (Å²) < 4.78 is 0. The number of halogens is 1. The largest absolute Gasteiger partial charge is 0.360 e. The van der Waals surface area contributed by atoms with E-state index in [1.165, 1.54) is 36.6 Å². The Kier molecular flexibility index (Phi) is 2.07. The first-order valence-corrected chi connectivity index (χ1v) is 6.96. The third-order valence-corrected chi connectivity index (χ3v) is 5.15. The predicted octanol–water partition coefficient (Wildman–Crippen LogP) is 4.72. The highest BCUT2D eigenvalue weighted by Crippen LogP contribution is 2.54. The zero-order valence-corrected chi connectivity index (χ0v) is 10.5. The van der Waals surface area contributed by atoms with Gasteiger partial charge in [-0.15, -0.1) is 0 Å². The molecule has 88 valence electrons. The molecule has 0 aliphatic heterocycles. The average Bonchev–Trinajstić information content (AvgIpc) is 3.03. The molecule has 1 aromatic heterocycles. The summed E-state index contributed by atoms with van der Waals surface area (Å²) in [7, 11) is 0. The minimum Gasteiger partial charge on any atom is -0.360 e. The summed E-state index contributed by atoms with van der Waals surface area (Å²) in [5.41, 5.74) is 2.63. The molecule has 1 aromatic carbocycles. The van der Waals surface area contributed by atoms with E-state index >= 15 is 0 Å². The maximum absolute atomic E-state index is 6.22. The van der Waals surface area contributed by atoms with Gasteiger partial charge >= 0.3 is 0 Å². The van der Waals surface area contributed by atoms with Gasteiger partial charge in [0.2, 0.25) is 0 Å². The number of nitrogens with one attached hydrogen (secondary N) is 1. The number of hydrogen-bond donors (Lipinski definition) is 1. The van der Waals surface area contributed by atoms with Crippen molar-refractivity contribution < 1.29 is 0 Å². The Morgan fingerprint density at radius 2 is 2.12 bits per heavy atom. The third-order valence-electron chi connectivity index (χ3n) is 4.83. The van der Waals surface area contributed by atoms with Crippen molar-refractivity contribution in [1.29, 1.82) is 0 Å². The zero-order valence-electron chi connectivity index (χ0n) is 9.75. The molecule has 2 heteroatoms. The average molecular weight is 246 g/mol. The van der Waals surface area contributed by atoms with Crippen molar-refractivity contribution in [1.82, 2.24) is 4.98 Å². The number of para-hydroxylation sites is 1. The molecule has 2 fully saturated rings. The van der Waals surface area contributed by atoms with Crippen molar-refractivity contribution in [2.24, 2.45) is 11.8 Å². The van der Waals surface area contributed by atoms with Crippen molar-refractivity contribution in [2.75, 3.05) is 0 Å².